The number of aromatic nitrogens is 1. The summed E-state index contributed by atoms with van der Waals surface area (Å²) in [6.45, 7) is 5.34. The van der Waals surface area contributed by atoms with Crippen molar-refractivity contribution in [3.05, 3.63) is 106 Å². The van der Waals surface area contributed by atoms with E-state index in [0.717, 1.165) is 11.3 Å². The van der Waals surface area contributed by atoms with E-state index >= 15 is 0 Å². The average molecular weight is 574 g/mol. The van der Waals surface area contributed by atoms with Crippen LogP contribution in [0, 0.1) is 17.0 Å². The number of allylic oxidation sites excluding steroid dienone is 1. The molecule has 4 heterocycles. The number of benzene rings is 2. The first-order valence-electron chi connectivity index (χ1n) is 12.7. The van der Waals surface area contributed by atoms with Crippen LogP contribution in [0.4, 0.5) is 5.69 Å². The largest absolute Gasteiger partial charge is 0.463 e. The first kappa shape index (κ1) is 26.3. The molecule has 2 aromatic carbocycles. The molecule has 0 amide bonds. The summed E-state index contributed by atoms with van der Waals surface area (Å²) < 4.78 is 24.1. The molecule has 0 saturated carbocycles. The van der Waals surface area contributed by atoms with Gasteiger partial charge in [-0.15, -0.1) is 0 Å². The van der Waals surface area contributed by atoms with Crippen LogP contribution in [0.5, 0.6) is 11.5 Å². The van der Waals surface area contributed by atoms with Crippen molar-refractivity contribution in [2.75, 3.05) is 13.4 Å². The van der Waals surface area contributed by atoms with Crippen molar-refractivity contribution >= 4 is 29.1 Å². The summed E-state index contributed by atoms with van der Waals surface area (Å²) in [4.78, 5) is 42.9. The van der Waals surface area contributed by atoms with E-state index in [0.29, 0.717) is 54.7 Å². The van der Waals surface area contributed by atoms with E-state index in [1.165, 1.54) is 10.6 Å². The predicted molar refractivity (Wildman–Crippen MR) is 148 cm³/mol. The number of ether oxygens (including phenoxy) is 3. The Balaban J connectivity index is 1.45. The van der Waals surface area contributed by atoms with Gasteiger partial charge in [-0.25, -0.2) is 9.79 Å². The minimum atomic E-state index is -0.804. The maximum Gasteiger partial charge on any atom is 0.338 e. The molecule has 11 nitrogen and oxygen atoms in total. The van der Waals surface area contributed by atoms with Crippen LogP contribution in [0.3, 0.4) is 0 Å². The van der Waals surface area contributed by atoms with Gasteiger partial charge < -0.3 is 18.6 Å². The van der Waals surface area contributed by atoms with E-state index in [9.17, 15) is 19.7 Å². The minimum absolute atomic E-state index is 0.00921. The second kappa shape index (κ2) is 10.2. The molecule has 4 aromatic rings. The van der Waals surface area contributed by atoms with Crippen molar-refractivity contribution in [3.8, 4) is 22.8 Å². The van der Waals surface area contributed by atoms with Crippen LogP contribution in [0.1, 0.15) is 36.8 Å². The van der Waals surface area contributed by atoms with E-state index in [1.54, 1.807) is 69.3 Å². The zero-order valence-corrected chi connectivity index (χ0v) is 23.0. The third kappa shape index (κ3) is 4.61. The van der Waals surface area contributed by atoms with Crippen LogP contribution < -0.4 is 24.4 Å². The molecule has 0 bridgehead atoms. The lowest BCUT2D eigenvalue weighted by atomic mass is 9.95. The molecule has 1 atom stereocenters. The highest BCUT2D eigenvalue weighted by molar-refractivity contribution is 7.07. The standard InChI is InChI=1S/C29H23N3O8S/c1-4-37-28(34)25-16(3)30-29-31(26(25)18-7-9-22-23(12-18)39-14-38-22)27(33)24(41-29)13-19-8-10-21(40-19)17-6-5-15(2)20(11-17)32(35)36/h5-13,26H,4,14H2,1-3H3/b24-13+/t26-/m1/s1. The number of nitrogens with zero attached hydrogens (tertiary/aromatic N) is 3. The molecule has 0 unspecified atom stereocenters. The van der Waals surface area contributed by atoms with Gasteiger partial charge in [-0.05, 0) is 50.6 Å². The van der Waals surface area contributed by atoms with Gasteiger partial charge in [-0.1, -0.05) is 29.5 Å². The Bertz CT molecular complexity index is 1950. The number of fused-ring (bicyclic) bond motifs is 2. The fourth-order valence-electron chi connectivity index (χ4n) is 4.86. The van der Waals surface area contributed by atoms with Crippen LogP contribution in [0.15, 0.2) is 74.0 Å². The molecule has 2 aromatic heterocycles. The third-order valence-corrected chi connectivity index (χ3v) is 7.80. The smallest absolute Gasteiger partial charge is 0.338 e. The minimum Gasteiger partial charge on any atom is -0.463 e. The van der Waals surface area contributed by atoms with E-state index in [1.807, 2.05) is 0 Å². The molecule has 0 fully saturated rings. The predicted octanol–water partition coefficient (Wildman–Crippen LogP) is 4.00. The maximum atomic E-state index is 13.8. The Morgan fingerprint density at radius 2 is 1.98 bits per heavy atom. The summed E-state index contributed by atoms with van der Waals surface area (Å²) >= 11 is 1.16. The first-order valence-corrected chi connectivity index (χ1v) is 13.5. The molecule has 0 aliphatic carbocycles. The fraction of sp³-hybridized carbons (Fsp3) is 0.207. The van der Waals surface area contributed by atoms with Gasteiger partial charge in [-0.2, -0.15) is 0 Å². The van der Waals surface area contributed by atoms with Gasteiger partial charge in [0.2, 0.25) is 6.79 Å². The van der Waals surface area contributed by atoms with Gasteiger partial charge in [0.25, 0.3) is 11.2 Å². The number of esters is 1. The van der Waals surface area contributed by atoms with Crippen molar-refractivity contribution < 1.29 is 28.3 Å². The molecule has 12 heteroatoms. The molecule has 41 heavy (non-hydrogen) atoms. The zero-order chi connectivity index (χ0) is 28.8. The maximum absolute atomic E-state index is 13.8. The lowest BCUT2D eigenvalue weighted by Crippen LogP contribution is -2.39. The van der Waals surface area contributed by atoms with Crippen molar-refractivity contribution in [1.82, 2.24) is 4.57 Å². The lowest BCUT2D eigenvalue weighted by Gasteiger charge is -2.24. The van der Waals surface area contributed by atoms with Crippen molar-refractivity contribution in [1.29, 1.82) is 0 Å². The summed E-state index contributed by atoms with van der Waals surface area (Å²) in [6, 6.07) is 12.7. The van der Waals surface area contributed by atoms with Gasteiger partial charge in [0, 0.05) is 23.3 Å². The van der Waals surface area contributed by atoms with Gasteiger partial charge in [0.15, 0.2) is 16.3 Å². The topological polar surface area (TPSA) is 135 Å². The molecular formula is C29H23N3O8S. The van der Waals surface area contributed by atoms with Gasteiger partial charge in [0.1, 0.15) is 11.5 Å². The van der Waals surface area contributed by atoms with Crippen LogP contribution in [0.25, 0.3) is 17.4 Å². The Morgan fingerprint density at radius 1 is 1.17 bits per heavy atom. The molecule has 208 valence electrons. The number of thiazole rings is 1. The van der Waals surface area contributed by atoms with E-state index in [2.05, 4.69) is 4.99 Å². The highest BCUT2D eigenvalue weighted by atomic mass is 32.1. The summed E-state index contributed by atoms with van der Waals surface area (Å²) in [6.07, 6.45) is 1.59. The molecule has 0 radical (unpaired) electrons. The summed E-state index contributed by atoms with van der Waals surface area (Å²) in [7, 11) is 0. The lowest BCUT2D eigenvalue weighted by molar-refractivity contribution is -0.385. The van der Waals surface area contributed by atoms with Crippen molar-refractivity contribution in [2.24, 2.45) is 4.99 Å². The molecular weight excluding hydrogens is 550 g/mol. The molecule has 0 saturated heterocycles. The number of carbonyl (C=O) groups is 1. The summed E-state index contributed by atoms with van der Waals surface area (Å²) in [5.41, 5.74) is 2.05. The van der Waals surface area contributed by atoms with Gasteiger partial charge in [0.05, 0.1) is 33.4 Å². The normalized spacial score (nSPS) is 16.0. The Kier molecular flexibility index (Phi) is 6.54. The number of furan rings is 1. The SMILES string of the molecule is CCOC(=O)C1=C(C)N=c2s/c(=C/c3ccc(-c4ccc(C)c([N+](=O)[O-])c4)o3)c(=O)n2[C@@H]1c1ccc2c(c1)OCO2. The summed E-state index contributed by atoms with van der Waals surface area (Å²) in [5, 5.41) is 11.4. The number of hydrogen-bond acceptors (Lipinski definition) is 10. The number of hydrogen-bond donors (Lipinski definition) is 0. The molecule has 6 rings (SSSR count). The van der Waals surface area contributed by atoms with Crippen LogP contribution >= 0.6 is 11.3 Å². The highest BCUT2D eigenvalue weighted by Crippen LogP contribution is 2.38. The van der Waals surface area contributed by atoms with Crippen LogP contribution in [-0.4, -0.2) is 28.9 Å². The second-order valence-electron chi connectivity index (χ2n) is 9.38. The number of aryl methyl sites for hydroxylation is 1. The number of nitro benzene ring substituents is 1. The number of nitro groups is 1. The van der Waals surface area contributed by atoms with Gasteiger partial charge in [-0.3, -0.25) is 19.5 Å². The molecule has 2 aliphatic rings. The monoisotopic (exact) mass is 573 g/mol. The number of rotatable bonds is 6. The summed E-state index contributed by atoms with van der Waals surface area (Å²) in [5.74, 6) is 1.34. The highest BCUT2D eigenvalue weighted by Gasteiger charge is 2.34. The van der Waals surface area contributed by atoms with Crippen molar-refractivity contribution in [3.63, 3.8) is 0 Å². The van der Waals surface area contributed by atoms with Crippen LogP contribution in [-0.2, 0) is 9.53 Å². The van der Waals surface area contributed by atoms with E-state index < -0.39 is 16.9 Å². The first-order chi connectivity index (χ1) is 19.7. The Hall–Kier alpha value is -4.97. The van der Waals surface area contributed by atoms with E-state index in [4.69, 9.17) is 18.6 Å². The fourth-order valence-corrected chi connectivity index (χ4v) is 5.89. The quantitative estimate of drug-likeness (QED) is 0.192. The average Bonchev–Trinajstić information content (AvgIpc) is 3.67. The van der Waals surface area contributed by atoms with Crippen molar-refractivity contribution in [2.45, 2.75) is 26.8 Å². The molecule has 0 N–H and O–H groups in total. The number of carbonyl (C=O) groups excluding carboxylic acids is 1. The third-order valence-electron chi connectivity index (χ3n) is 6.82. The van der Waals surface area contributed by atoms with E-state index in [-0.39, 0.29) is 30.2 Å². The zero-order valence-electron chi connectivity index (χ0n) is 22.2. The Labute approximate surface area is 236 Å². The van der Waals surface area contributed by atoms with Crippen LogP contribution in [0.2, 0.25) is 0 Å². The molecule has 0 spiro atoms. The Morgan fingerprint density at radius 3 is 2.76 bits per heavy atom. The molecule has 2 aliphatic heterocycles. The van der Waals surface area contributed by atoms with Gasteiger partial charge >= 0.3 is 5.97 Å². The second-order valence-corrected chi connectivity index (χ2v) is 10.4.